The Labute approximate surface area is 101 Å². The number of rotatable bonds is 6. The molecule has 4 nitrogen and oxygen atoms in total. The predicted octanol–water partition coefficient (Wildman–Crippen LogP) is 2.42. The molecule has 0 saturated carbocycles. The van der Waals surface area contributed by atoms with Gasteiger partial charge in [0.2, 0.25) is 0 Å². The first-order valence-electron chi connectivity index (χ1n) is 4.87. The van der Waals surface area contributed by atoms with Crippen LogP contribution in [0.4, 0.5) is 13.2 Å². The number of ether oxygens (including phenoxy) is 3. The largest absolute Gasteiger partial charge is 0.493 e. The van der Waals surface area contributed by atoms with Crippen molar-refractivity contribution in [1.82, 2.24) is 0 Å². The molecule has 0 aliphatic rings. The van der Waals surface area contributed by atoms with Crippen LogP contribution >= 0.6 is 0 Å². The van der Waals surface area contributed by atoms with Crippen LogP contribution < -0.4 is 9.47 Å². The van der Waals surface area contributed by atoms with E-state index in [2.05, 4.69) is 4.74 Å². The second-order valence-corrected chi connectivity index (χ2v) is 3.25. The average Bonchev–Trinajstić information content (AvgIpc) is 2.33. The Hall–Kier alpha value is -1.76. The molecule has 0 aliphatic heterocycles. The lowest BCUT2D eigenvalue weighted by Crippen LogP contribution is -2.19. The fourth-order valence-corrected chi connectivity index (χ4v) is 1.14. The normalized spacial score (nSPS) is 11.1. The van der Waals surface area contributed by atoms with Gasteiger partial charge in [0, 0.05) is 5.56 Å². The van der Waals surface area contributed by atoms with E-state index < -0.39 is 19.6 Å². The molecule has 0 heterocycles. The topological polar surface area (TPSA) is 44.8 Å². The zero-order valence-corrected chi connectivity index (χ0v) is 9.49. The molecular formula is C11H11F3O4. The van der Waals surface area contributed by atoms with Crippen LogP contribution in [0.5, 0.6) is 11.5 Å². The fourth-order valence-electron chi connectivity index (χ4n) is 1.14. The standard InChI is InChI=1S/C11H11F3O4/c1-16-10-4-8(5-15)2-3-9(10)18-7-17-6-11(12,13)14/h2-5H,6-7H2,1H3. The molecule has 0 N–H and O–H groups in total. The fraction of sp³-hybridized carbons (Fsp3) is 0.364. The summed E-state index contributed by atoms with van der Waals surface area (Å²) < 4.78 is 49.5. The minimum Gasteiger partial charge on any atom is -0.493 e. The zero-order chi connectivity index (χ0) is 13.6. The molecule has 0 unspecified atom stereocenters. The molecule has 0 aliphatic carbocycles. The third-order valence-corrected chi connectivity index (χ3v) is 1.89. The lowest BCUT2D eigenvalue weighted by Gasteiger charge is -2.12. The number of hydrogen-bond donors (Lipinski definition) is 0. The Morgan fingerprint density at radius 3 is 2.56 bits per heavy atom. The van der Waals surface area contributed by atoms with E-state index in [4.69, 9.17) is 9.47 Å². The molecule has 100 valence electrons. The summed E-state index contributed by atoms with van der Waals surface area (Å²) in [5.74, 6) is 0.445. The third kappa shape index (κ3) is 4.62. The van der Waals surface area contributed by atoms with Crippen molar-refractivity contribution < 1.29 is 32.2 Å². The van der Waals surface area contributed by atoms with Gasteiger partial charge in [0.1, 0.15) is 12.9 Å². The van der Waals surface area contributed by atoms with E-state index in [1.165, 1.54) is 25.3 Å². The number of aldehydes is 1. The molecule has 18 heavy (non-hydrogen) atoms. The van der Waals surface area contributed by atoms with E-state index in [1.807, 2.05) is 0 Å². The summed E-state index contributed by atoms with van der Waals surface area (Å²) in [5, 5.41) is 0. The van der Waals surface area contributed by atoms with Gasteiger partial charge in [-0.25, -0.2) is 0 Å². The highest BCUT2D eigenvalue weighted by molar-refractivity contribution is 5.76. The monoisotopic (exact) mass is 264 g/mol. The molecule has 0 amide bonds. The first-order chi connectivity index (χ1) is 8.46. The number of alkyl halides is 3. The number of hydrogen-bond acceptors (Lipinski definition) is 4. The second-order valence-electron chi connectivity index (χ2n) is 3.25. The van der Waals surface area contributed by atoms with Crippen molar-refractivity contribution in [3.8, 4) is 11.5 Å². The van der Waals surface area contributed by atoms with Crippen molar-refractivity contribution >= 4 is 6.29 Å². The minimum atomic E-state index is -4.39. The second kappa shape index (κ2) is 6.25. The average molecular weight is 264 g/mol. The first-order valence-corrected chi connectivity index (χ1v) is 4.87. The van der Waals surface area contributed by atoms with Crippen LogP contribution in [-0.4, -0.2) is 33.0 Å². The molecule has 0 bridgehead atoms. The Kier molecular flexibility index (Phi) is 4.96. The van der Waals surface area contributed by atoms with Gasteiger partial charge in [-0.15, -0.1) is 0 Å². The SMILES string of the molecule is COc1cc(C=O)ccc1OCOCC(F)(F)F. The van der Waals surface area contributed by atoms with Gasteiger partial charge in [-0.2, -0.15) is 13.2 Å². The minimum absolute atomic E-state index is 0.199. The lowest BCUT2D eigenvalue weighted by atomic mass is 10.2. The predicted molar refractivity (Wildman–Crippen MR) is 55.9 cm³/mol. The summed E-state index contributed by atoms with van der Waals surface area (Å²) in [4.78, 5) is 10.5. The summed E-state index contributed by atoms with van der Waals surface area (Å²) in [6, 6.07) is 4.28. The molecule has 0 spiro atoms. The molecule has 7 heteroatoms. The van der Waals surface area contributed by atoms with Gasteiger partial charge >= 0.3 is 6.18 Å². The van der Waals surface area contributed by atoms with Gasteiger partial charge in [-0.05, 0) is 18.2 Å². The smallest absolute Gasteiger partial charge is 0.411 e. The van der Waals surface area contributed by atoms with Gasteiger partial charge in [-0.1, -0.05) is 0 Å². The van der Waals surface area contributed by atoms with E-state index in [9.17, 15) is 18.0 Å². The van der Waals surface area contributed by atoms with Gasteiger partial charge in [-0.3, -0.25) is 4.79 Å². The van der Waals surface area contributed by atoms with Crippen molar-refractivity contribution in [2.45, 2.75) is 6.18 Å². The lowest BCUT2D eigenvalue weighted by molar-refractivity contribution is -0.186. The van der Waals surface area contributed by atoms with Gasteiger partial charge in [0.25, 0.3) is 0 Å². The molecule has 1 rings (SSSR count). The van der Waals surface area contributed by atoms with Crippen LogP contribution in [0.25, 0.3) is 0 Å². The Bertz CT molecular complexity index is 404. The van der Waals surface area contributed by atoms with Crippen LogP contribution in [0.1, 0.15) is 10.4 Å². The third-order valence-electron chi connectivity index (χ3n) is 1.89. The van der Waals surface area contributed by atoms with Crippen LogP contribution in [0.2, 0.25) is 0 Å². The molecule has 0 radical (unpaired) electrons. The van der Waals surface area contributed by atoms with E-state index in [0.29, 0.717) is 11.8 Å². The van der Waals surface area contributed by atoms with Gasteiger partial charge < -0.3 is 14.2 Å². The van der Waals surface area contributed by atoms with E-state index in [-0.39, 0.29) is 11.5 Å². The van der Waals surface area contributed by atoms with E-state index >= 15 is 0 Å². The Balaban J connectivity index is 2.54. The molecular weight excluding hydrogens is 253 g/mol. The highest BCUT2D eigenvalue weighted by Crippen LogP contribution is 2.27. The molecule has 0 aromatic heterocycles. The van der Waals surface area contributed by atoms with Crippen molar-refractivity contribution in [2.24, 2.45) is 0 Å². The maximum absolute atomic E-state index is 11.8. The molecule has 1 aromatic rings. The van der Waals surface area contributed by atoms with Crippen molar-refractivity contribution in [3.05, 3.63) is 23.8 Å². The maximum Gasteiger partial charge on any atom is 0.411 e. The van der Waals surface area contributed by atoms with Crippen LogP contribution in [0.3, 0.4) is 0 Å². The highest BCUT2D eigenvalue weighted by atomic mass is 19.4. The summed E-state index contributed by atoms with van der Waals surface area (Å²) in [5.41, 5.74) is 0.371. The number of carbonyl (C=O) groups excluding carboxylic acids is 1. The zero-order valence-electron chi connectivity index (χ0n) is 9.49. The van der Waals surface area contributed by atoms with Gasteiger partial charge in [0.15, 0.2) is 18.3 Å². The summed E-state index contributed by atoms with van der Waals surface area (Å²) in [6.07, 6.45) is -3.78. The van der Waals surface area contributed by atoms with E-state index in [0.717, 1.165) is 0 Å². The van der Waals surface area contributed by atoms with Gasteiger partial charge in [0.05, 0.1) is 7.11 Å². The quantitative estimate of drug-likeness (QED) is 0.449. The number of methoxy groups -OCH3 is 1. The Morgan fingerprint density at radius 1 is 1.28 bits per heavy atom. The molecule has 0 fully saturated rings. The van der Waals surface area contributed by atoms with Crippen LogP contribution in [0, 0.1) is 0 Å². The van der Waals surface area contributed by atoms with Crippen LogP contribution in [0.15, 0.2) is 18.2 Å². The molecule has 1 aromatic carbocycles. The molecule has 0 saturated heterocycles. The van der Waals surface area contributed by atoms with E-state index in [1.54, 1.807) is 0 Å². The summed E-state index contributed by atoms with van der Waals surface area (Å²) in [7, 11) is 1.35. The summed E-state index contributed by atoms with van der Waals surface area (Å²) >= 11 is 0. The van der Waals surface area contributed by atoms with Crippen molar-refractivity contribution in [3.63, 3.8) is 0 Å². The number of carbonyl (C=O) groups is 1. The number of halogens is 3. The highest BCUT2D eigenvalue weighted by Gasteiger charge is 2.27. The first kappa shape index (κ1) is 14.3. The number of benzene rings is 1. The summed E-state index contributed by atoms with van der Waals surface area (Å²) in [6.45, 7) is -1.95. The van der Waals surface area contributed by atoms with Crippen molar-refractivity contribution in [1.29, 1.82) is 0 Å². The molecule has 0 atom stereocenters. The van der Waals surface area contributed by atoms with Crippen molar-refractivity contribution in [2.75, 3.05) is 20.5 Å². The van der Waals surface area contributed by atoms with Crippen LogP contribution in [-0.2, 0) is 4.74 Å². The Morgan fingerprint density at radius 2 is 2.00 bits per heavy atom. The maximum atomic E-state index is 11.8.